The molecule has 0 amide bonds. The number of para-hydroxylation sites is 1. The summed E-state index contributed by atoms with van der Waals surface area (Å²) in [5, 5.41) is 0.0200. The molecule has 1 aliphatic heterocycles. The molecular formula is C12H15ClO2. The second kappa shape index (κ2) is 4.75. The summed E-state index contributed by atoms with van der Waals surface area (Å²) in [7, 11) is 0. The number of hydrogen-bond acceptors (Lipinski definition) is 2. The van der Waals surface area contributed by atoms with Crippen LogP contribution in [0.15, 0.2) is 18.2 Å². The minimum absolute atomic E-state index is 0.0200. The summed E-state index contributed by atoms with van der Waals surface area (Å²) in [6, 6.07) is 5.91. The number of alkyl halides is 1. The van der Waals surface area contributed by atoms with Gasteiger partial charge in [-0.3, -0.25) is 0 Å². The average Bonchev–Trinajstić information content (AvgIpc) is 2.28. The summed E-state index contributed by atoms with van der Waals surface area (Å²) < 4.78 is 11.1. The van der Waals surface area contributed by atoms with Gasteiger partial charge in [-0.1, -0.05) is 25.5 Å². The molecule has 2 rings (SSSR count). The highest BCUT2D eigenvalue weighted by Crippen LogP contribution is 2.40. The Morgan fingerprint density at radius 1 is 1.33 bits per heavy atom. The highest BCUT2D eigenvalue weighted by atomic mass is 35.5. The van der Waals surface area contributed by atoms with E-state index in [0.717, 1.165) is 29.9 Å². The third-order valence-electron chi connectivity index (χ3n) is 2.48. The predicted octanol–water partition coefficient (Wildman–Crippen LogP) is 3.54. The normalized spacial score (nSPS) is 16.1. The zero-order valence-electron chi connectivity index (χ0n) is 8.83. The van der Waals surface area contributed by atoms with Gasteiger partial charge in [-0.2, -0.15) is 0 Å². The second-order valence-corrected chi connectivity index (χ2v) is 4.15. The molecule has 15 heavy (non-hydrogen) atoms. The number of halogens is 1. The van der Waals surface area contributed by atoms with E-state index in [1.807, 2.05) is 18.2 Å². The van der Waals surface area contributed by atoms with Gasteiger partial charge in [0.15, 0.2) is 11.5 Å². The molecule has 1 aliphatic rings. The maximum Gasteiger partial charge on any atom is 0.166 e. The van der Waals surface area contributed by atoms with Crippen molar-refractivity contribution >= 4 is 11.6 Å². The van der Waals surface area contributed by atoms with Gasteiger partial charge in [-0.25, -0.2) is 0 Å². The van der Waals surface area contributed by atoms with Gasteiger partial charge < -0.3 is 9.47 Å². The van der Waals surface area contributed by atoms with Crippen LogP contribution in [-0.2, 0) is 0 Å². The molecule has 1 unspecified atom stereocenters. The molecule has 1 aromatic carbocycles. The van der Waals surface area contributed by atoms with Crippen molar-refractivity contribution in [3.63, 3.8) is 0 Å². The van der Waals surface area contributed by atoms with Crippen LogP contribution < -0.4 is 9.47 Å². The lowest BCUT2D eigenvalue weighted by Gasteiger charge is -2.22. The van der Waals surface area contributed by atoms with Crippen LogP contribution in [0.2, 0.25) is 0 Å². The fourth-order valence-electron chi connectivity index (χ4n) is 1.75. The van der Waals surface area contributed by atoms with Gasteiger partial charge in [0, 0.05) is 5.56 Å². The zero-order valence-corrected chi connectivity index (χ0v) is 9.59. The van der Waals surface area contributed by atoms with Crippen molar-refractivity contribution in [1.82, 2.24) is 0 Å². The second-order valence-electron chi connectivity index (χ2n) is 3.63. The van der Waals surface area contributed by atoms with Crippen molar-refractivity contribution in [2.45, 2.75) is 25.1 Å². The number of fused-ring (bicyclic) bond motifs is 1. The lowest BCUT2D eigenvalue weighted by molar-refractivity contribution is 0.169. The number of benzene rings is 1. The number of rotatable bonds is 3. The summed E-state index contributed by atoms with van der Waals surface area (Å²) >= 11 is 6.31. The summed E-state index contributed by atoms with van der Waals surface area (Å²) in [5.74, 6) is 1.65. The summed E-state index contributed by atoms with van der Waals surface area (Å²) in [5.41, 5.74) is 1.05. The summed E-state index contributed by atoms with van der Waals surface area (Å²) in [4.78, 5) is 0. The monoisotopic (exact) mass is 226 g/mol. The number of ether oxygens (including phenoxy) is 2. The van der Waals surface area contributed by atoms with Crippen LogP contribution in [0.5, 0.6) is 11.5 Å². The van der Waals surface area contributed by atoms with Gasteiger partial charge in [0.05, 0.1) is 5.38 Å². The summed E-state index contributed by atoms with van der Waals surface area (Å²) in [6.45, 7) is 3.36. The molecule has 2 nitrogen and oxygen atoms in total. The molecule has 3 heteroatoms. The standard InChI is InChI=1S/C12H15ClO2/c1-2-4-10(13)9-5-3-6-11-12(9)15-8-7-14-11/h3,5-6,10H,2,4,7-8H2,1H3. The lowest BCUT2D eigenvalue weighted by atomic mass is 10.1. The van der Waals surface area contributed by atoms with Crippen LogP contribution in [0, 0.1) is 0 Å². The molecule has 0 fully saturated rings. The molecule has 1 atom stereocenters. The van der Waals surface area contributed by atoms with Gasteiger partial charge in [0.2, 0.25) is 0 Å². The van der Waals surface area contributed by atoms with E-state index in [9.17, 15) is 0 Å². The third-order valence-corrected chi connectivity index (χ3v) is 2.93. The SMILES string of the molecule is CCCC(Cl)c1cccc2c1OCCO2. The van der Waals surface area contributed by atoms with Crippen molar-refractivity contribution in [3.05, 3.63) is 23.8 Å². The minimum atomic E-state index is 0.0200. The largest absolute Gasteiger partial charge is 0.486 e. The smallest absolute Gasteiger partial charge is 0.166 e. The Labute approximate surface area is 95.1 Å². The highest BCUT2D eigenvalue weighted by Gasteiger charge is 2.19. The van der Waals surface area contributed by atoms with Gasteiger partial charge in [-0.05, 0) is 12.5 Å². The Hall–Kier alpha value is -0.890. The molecule has 0 aromatic heterocycles. The zero-order chi connectivity index (χ0) is 10.7. The van der Waals surface area contributed by atoms with E-state index in [4.69, 9.17) is 21.1 Å². The topological polar surface area (TPSA) is 18.5 Å². The Morgan fingerprint density at radius 2 is 2.13 bits per heavy atom. The first-order valence-electron chi connectivity index (χ1n) is 5.35. The van der Waals surface area contributed by atoms with E-state index in [1.165, 1.54) is 0 Å². The molecule has 82 valence electrons. The van der Waals surface area contributed by atoms with Crippen molar-refractivity contribution < 1.29 is 9.47 Å². The molecule has 1 heterocycles. The Bertz CT molecular complexity index is 338. The first kappa shape index (κ1) is 10.6. The van der Waals surface area contributed by atoms with Gasteiger partial charge in [0.1, 0.15) is 13.2 Å². The molecule has 0 bridgehead atoms. The van der Waals surface area contributed by atoms with E-state index in [-0.39, 0.29) is 5.38 Å². The van der Waals surface area contributed by atoms with Gasteiger partial charge in [-0.15, -0.1) is 11.6 Å². The van der Waals surface area contributed by atoms with Crippen molar-refractivity contribution in [2.75, 3.05) is 13.2 Å². The van der Waals surface area contributed by atoms with Crippen LogP contribution in [0.1, 0.15) is 30.7 Å². The van der Waals surface area contributed by atoms with Crippen molar-refractivity contribution in [1.29, 1.82) is 0 Å². The Kier molecular flexibility index (Phi) is 3.37. The Balaban J connectivity index is 2.30. The van der Waals surface area contributed by atoms with Crippen LogP contribution in [0.4, 0.5) is 0 Å². The van der Waals surface area contributed by atoms with Crippen LogP contribution in [0.25, 0.3) is 0 Å². The van der Waals surface area contributed by atoms with E-state index < -0.39 is 0 Å². The molecule has 0 N–H and O–H groups in total. The van der Waals surface area contributed by atoms with E-state index in [2.05, 4.69) is 6.92 Å². The van der Waals surface area contributed by atoms with Gasteiger partial charge in [0.25, 0.3) is 0 Å². The van der Waals surface area contributed by atoms with Crippen LogP contribution in [0.3, 0.4) is 0 Å². The third kappa shape index (κ3) is 2.20. The van der Waals surface area contributed by atoms with E-state index in [0.29, 0.717) is 13.2 Å². The number of hydrogen-bond donors (Lipinski definition) is 0. The van der Waals surface area contributed by atoms with Gasteiger partial charge >= 0.3 is 0 Å². The molecule has 0 aliphatic carbocycles. The molecule has 0 saturated carbocycles. The predicted molar refractivity (Wildman–Crippen MR) is 60.9 cm³/mol. The molecule has 0 radical (unpaired) electrons. The Morgan fingerprint density at radius 3 is 2.93 bits per heavy atom. The maximum atomic E-state index is 6.31. The first-order chi connectivity index (χ1) is 7.33. The van der Waals surface area contributed by atoms with E-state index in [1.54, 1.807) is 0 Å². The quantitative estimate of drug-likeness (QED) is 0.734. The highest BCUT2D eigenvalue weighted by molar-refractivity contribution is 6.21. The fraction of sp³-hybridized carbons (Fsp3) is 0.500. The van der Waals surface area contributed by atoms with Crippen molar-refractivity contribution in [3.8, 4) is 11.5 Å². The van der Waals surface area contributed by atoms with Crippen LogP contribution in [-0.4, -0.2) is 13.2 Å². The summed E-state index contributed by atoms with van der Waals surface area (Å²) in [6.07, 6.45) is 2.03. The minimum Gasteiger partial charge on any atom is -0.486 e. The van der Waals surface area contributed by atoms with E-state index >= 15 is 0 Å². The lowest BCUT2D eigenvalue weighted by Crippen LogP contribution is -2.16. The molecular weight excluding hydrogens is 212 g/mol. The van der Waals surface area contributed by atoms with Crippen LogP contribution >= 0.6 is 11.6 Å². The first-order valence-corrected chi connectivity index (χ1v) is 5.79. The molecule has 0 spiro atoms. The fourth-order valence-corrected chi connectivity index (χ4v) is 2.14. The molecule has 1 aromatic rings. The molecule has 0 saturated heterocycles. The maximum absolute atomic E-state index is 6.31. The van der Waals surface area contributed by atoms with Crippen molar-refractivity contribution in [2.24, 2.45) is 0 Å². The average molecular weight is 227 g/mol.